The number of amides is 1. The number of anilines is 1. The van der Waals surface area contributed by atoms with Crippen LogP contribution in [-0.2, 0) is 19.5 Å². The maximum atomic E-state index is 12.7. The lowest BCUT2D eigenvalue weighted by Gasteiger charge is -2.25. The van der Waals surface area contributed by atoms with Gasteiger partial charge >= 0.3 is 0 Å². The summed E-state index contributed by atoms with van der Waals surface area (Å²) in [4.78, 5) is 18.0. The zero-order chi connectivity index (χ0) is 19.1. The molecule has 0 radical (unpaired) electrons. The number of rotatable bonds is 4. The van der Waals surface area contributed by atoms with E-state index in [1.54, 1.807) is 0 Å². The van der Waals surface area contributed by atoms with Crippen LogP contribution in [0.1, 0.15) is 26.2 Å². The van der Waals surface area contributed by atoms with Crippen molar-refractivity contribution in [1.29, 1.82) is 0 Å². The highest BCUT2D eigenvalue weighted by Gasteiger charge is 2.39. The van der Waals surface area contributed by atoms with Gasteiger partial charge in [0.25, 0.3) is 5.91 Å². The molecule has 1 N–H and O–H groups in total. The molecule has 0 aliphatic carbocycles. The highest BCUT2D eigenvalue weighted by atomic mass is 32.1. The van der Waals surface area contributed by atoms with Crippen molar-refractivity contribution in [3.8, 4) is 0 Å². The third-order valence-corrected chi connectivity index (χ3v) is 6.74. The number of nitrogens with one attached hydrogen (secondary N) is 1. The maximum absolute atomic E-state index is 12.7. The smallest absolute Gasteiger partial charge is 0.293 e. The third kappa shape index (κ3) is 3.36. The zero-order valence-corrected chi connectivity index (χ0v) is 16.7. The molecule has 144 valence electrons. The van der Waals surface area contributed by atoms with E-state index < -0.39 is 0 Å². The van der Waals surface area contributed by atoms with Crippen molar-refractivity contribution in [3.05, 3.63) is 63.9 Å². The Morgan fingerprint density at radius 3 is 2.71 bits per heavy atom. The highest BCUT2D eigenvalue weighted by Crippen LogP contribution is 2.34. The van der Waals surface area contributed by atoms with Gasteiger partial charge in [0.15, 0.2) is 0 Å². The van der Waals surface area contributed by atoms with Crippen molar-refractivity contribution >= 4 is 22.9 Å². The van der Waals surface area contributed by atoms with Crippen molar-refractivity contribution in [2.75, 3.05) is 18.4 Å². The Morgan fingerprint density at radius 2 is 1.93 bits per heavy atom. The van der Waals surface area contributed by atoms with E-state index in [4.69, 9.17) is 0 Å². The van der Waals surface area contributed by atoms with Gasteiger partial charge in [-0.05, 0) is 43.0 Å². The molecule has 2 aliphatic rings. The summed E-state index contributed by atoms with van der Waals surface area (Å²) in [5, 5.41) is 11.5. The summed E-state index contributed by atoms with van der Waals surface area (Å²) in [7, 11) is 0. The molecule has 1 fully saturated rings. The number of aromatic nitrogens is 3. The van der Waals surface area contributed by atoms with Gasteiger partial charge in [-0.25, -0.2) is 0 Å². The molecule has 0 unspecified atom stereocenters. The lowest BCUT2D eigenvalue weighted by Crippen LogP contribution is -2.31. The minimum Gasteiger partial charge on any atom is -0.319 e. The number of hydrogen-bond donors (Lipinski definition) is 1. The normalized spacial score (nSPS) is 21.3. The lowest BCUT2D eigenvalue weighted by molar-refractivity contribution is 0.100. The van der Waals surface area contributed by atoms with Crippen LogP contribution in [0.2, 0.25) is 0 Å². The first kappa shape index (κ1) is 17.6. The molecule has 1 amide bonds. The van der Waals surface area contributed by atoms with Crippen LogP contribution in [0.15, 0.2) is 42.5 Å². The average molecular weight is 394 g/mol. The van der Waals surface area contributed by atoms with Crippen LogP contribution < -0.4 is 5.32 Å². The van der Waals surface area contributed by atoms with Gasteiger partial charge in [0, 0.05) is 48.0 Å². The summed E-state index contributed by atoms with van der Waals surface area (Å²) in [6.07, 6.45) is 0.899. The molecule has 0 bridgehead atoms. The fourth-order valence-electron chi connectivity index (χ4n) is 4.42. The van der Waals surface area contributed by atoms with Crippen LogP contribution in [0.4, 0.5) is 5.69 Å². The van der Waals surface area contributed by atoms with Crippen LogP contribution in [0.5, 0.6) is 0 Å². The van der Waals surface area contributed by atoms with Crippen LogP contribution in [0.3, 0.4) is 0 Å². The van der Waals surface area contributed by atoms with Crippen molar-refractivity contribution in [2.45, 2.75) is 26.4 Å². The highest BCUT2D eigenvalue weighted by molar-refractivity contribution is 7.11. The summed E-state index contributed by atoms with van der Waals surface area (Å²) < 4.78 is 2.03. The van der Waals surface area contributed by atoms with Gasteiger partial charge in [-0.1, -0.05) is 18.2 Å². The molecule has 4 heterocycles. The molecule has 0 spiro atoms. The second-order valence-electron chi connectivity index (χ2n) is 7.80. The zero-order valence-electron chi connectivity index (χ0n) is 15.8. The molecule has 28 heavy (non-hydrogen) atoms. The van der Waals surface area contributed by atoms with E-state index in [1.165, 1.54) is 9.75 Å². The second-order valence-corrected chi connectivity index (χ2v) is 9.17. The number of carbonyl (C=O) groups is 1. The number of benzene rings is 1. The van der Waals surface area contributed by atoms with Gasteiger partial charge in [0.2, 0.25) is 5.82 Å². The Balaban J connectivity index is 1.28. The maximum Gasteiger partial charge on any atom is 0.293 e. The first-order chi connectivity index (χ1) is 13.7. The first-order valence-electron chi connectivity index (χ1n) is 9.72. The van der Waals surface area contributed by atoms with Crippen molar-refractivity contribution < 1.29 is 4.79 Å². The van der Waals surface area contributed by atoms with E-state index in [0.29, 0.717) is 17.7 Å². The standard InChI is InChI=1S/C21H23N5OS/c1-14-7-8-18(28-14)13-25-10-15-9-19-23-24-20(26(19)12-16(15)11-25)21(27)22-17-5-3-2-4-6-17/h2-8,15-16H,9-13H2,1H3,(H,22,27)/t15-,16+/m1/s1. The summed E-state index contributed by atoms with van der Waals surface area (Å²) in [5.74, 6) is 2.32. The largest absolute Gasteiger partial charge is 0.319 e. The summed E-state index contributed by atoms with van der Waals surface area (Å²) in [6, 6.07) is 13.9. The van der Waals surface area contributed by atoms with Gasteiger partial charge in [0.05, 0.1) is 0 Å². The third-order valence-electron chi connectivity index (χ3n) is 5.75. The SMILES string of the molecule is Cc1ccc(CN2C[C@H]3Cc4nnc(C(=O)Nc5ccccc5)n4C[C@@H]3C2)s1. The predicted octanol–water partition coefficient (Wildman–Crippen LogP) is 3.20. The van der Waals surface area contributed by atoms with Crippen molar-refractivity contribution in [2.24, 2.45) is 11.8 Å². The van der Waals surface area contributed by atoms with E-state index in [-0.39, 0.29) is 5.91 Å². The monoisotopic (exact) mass is 393 g/mol. The van der Waals surface area contributed by atoms with E-state index in [2.05, 4.69) is 39.5 Å². The molecular formula is C21H23N5OS. The Bertz CT molecular complexity index is 995. The number of aryl methyl sites for hydroxylation is 1. The fourth-order valence-corrected chi connectivity index (χ4v) is 5.35. The fraction of sp³-hybridized carbons (Fsp3) is 0.381. The molecule has 2 atom stereocenters. The number of para-hydroxylation sites is 1. The van der Waals surface area contributed by atoms with E-state index >= 15 is 0 Å². The Kier molecular flexibility index (Phi) is 4.49. The van der Waals surface area contributed by atoms with Gasteiger partial charge in [-0.3, -0.25) is 9.69 Å². The lowest BCUT2D eigenvalue weighted by atomic mass is 9.89. The first-order valence-corrected chi connectivity index (χ1v) is 10.5. The minimum absolute atomic E-state index is 0.188. The quantitative estimate of drug-likeness (QED) is 0.739. The molecule has 2 aliphatic heterocycles. The molecule has 3 aromatic rings. The van der Waals surface area contributed by atoms with Crippen LogP contribution in [0, 0.1) is 18.8 Å². The van der Waals surface area contributed by atoms with Gasteiger partial charge < -0.3 is 9.88 Å². The van der Waals surface area contributed by atoms with Crippen LogP contribution in [0.25, 0.3) is 0 Å². The Morgan fingerprint density at radius 1 is 1.11 bits per heavy atom. The predicted molar refractivity (Wildman–Crippen MR) is 109 cm³/mol. The summed E-state index contributed by atoms with van der Waals surface area (Å²) in [5.41, 5.74) is 0.775. The molecule has 0 saturated carbocycles. The summed E-state index contributed by atoms with van der Waals surface area (Å²) >= 11 is 1.88. The number of nitrogens with zero attached hydrogens (tertiary/aromatic N) is 4. The second kappa shape index (κ2) is 7.14. The van der Waals surface area contributed by atoms with E-state index in [0.717, 1.165) is 44.1 Å². The molecule has 6 nitrogen and oxygen atoms in total. The van der Waals surface area contributed by atoms with Gasteiger partial charge in [0.1, 0.15) is 5.82 Å². The van der Waals surface area contributed by atoms with Crippen LogP contribution >= 0.6 is 11.3 Å². The molecule has 1 saturated heterocycles. The molecule has 7 heteroatoms. The average Bonchev–Trinajstić information content (AvgIpc) is 3.38. The van der Waals surface area contributed by atoms with E-state index in [9.17, 15) is 4.79 Å². The summed E-state index contributed by atoms with van der Waals surface area (Å²) in [6.45, 7) is 6.17. The molecule has 2 aromatic heterocycles. The van der Waals surface area contributed by atoms with Gasteiger partial charge in [-0.2, -0.15) is 0 Å². The minimum atomic E-state index is -0.188. The van der Waals surface area contributed by atoms with Crippen LogP contribution in [-0.4, -0.2) is 38.7 Å². The van der Waals surface area contributed by atoms with Crippen molar-refractivity contribution in [1.82, 2.24) is 19.7 Å². The number of carbonyl (C=O) groups excluding carboxylic acids is 1. The number of fused-ring (bicyclic) bond motifs is 2. The number of likely N-dealkylation sites (tertiary alicyclic amines) is 1. The number of hydrogen-bond acceptors (Lipinski definition) is 5. The molecular weight excluding hydrogens is 370 g/mol. The van der Waals surface area contributed by atoms with Crippen molar-refractivity contribution in [3.63, 3.8) is 0 Å². The molecule has 5 rings (SSSR count). The van der Waals surface area contributed by atoms with E-state index in [1.807, 2.05) is 46.2 Å². The topological polar surface area (TPSA) is 63.1 Å². The Labute approximate surface area is 168 Å². The van der Waals surface area contributed by atoms with Gasteiger partial charge in [-0.15, -0.1) is 21.5 Å². The molecule has 1 aromatic carbocycles. The Hall–Kier alpha value is -2.51. The number of thiophene rings is 1.